The fourth-order valence-corrected chi connectivity index (χ4v) is 3.23. The van der Waals surface area contributed by atoms with Crippen LogP contribution in [0.5, 0.6) is 0 Å². The normalized spacial score (nSPS) is 15.5. The lowest BCUT2D eigenvalue weighted by molar-refractivity contribution is 0.0926. The van der Waals surface area contributed by atoms with Crippen molar-refractivity contribution in [1.29, 1.82) is 0 Å². The Labute approximate surface area is 143 Å². The van der Waals surface area contributed by atoms with Crippen molar-refractivity contribution in [3.8, 4) is 0 Å². The minimum absolute atomic E-state index is 0.141. The van der Waals surface area contributed by atoms with Crippen LogP contribution in [0.2, 0.25) is 0 Å². The van der Waals surface area contributed by atoms with Gasteiger partial charge in [0.1, 0.15) is 0 Å². The number of Topliss-reactive ketones (excluding diaryl/α,β-unsaturated/α-hetero) is 1. The van der Waals surface area contributed by atoms with E-state index < -0.39 is 0 Å². The highest BCUT2D eigenvalue weighted by Crippen LogP contribution is 2.23. The van der Waals surface area contributed by atoms with Gasteiger partial charge < -0.3 is 10.6 Å². The molecule has 3 rings (SSSR count). The van der Waals surface area contributed by atoms with Crippen LogP contribution in [-0.4, -0.2) is 43.4 Å². The third-order valence-corrected chi connectivity index (χ3v) is 4.86. The molecular weight excluding hydrogens is 298 g/mol. The summed E-state index contributed by atoms with van der Waals surface area (Å²) in [4.78, 5) is 17.1. The Balaban J connectivity index is 1.59. The van der Waals surface area contributed by atoms with Gasteiger partial charge in [-0.2, -0.15) is 0 Å². The summed E-state index contributed by atoms with van der Waals surface area (Å²) in [5.74, 6) is 0.141. The minimum atomic E-state index is 0.141. The lowest BCUT2D eigenvalue weighted by Crippen LogP contribution is -2.48. The van der Waals surface area contributed by atoms with Crippen molar-refractivity contribution in [3.63, 3.8) is 0 Å². The molecule has 4 nitrogen and oxygen atoms in total. The number of hydrogen-bond acceptors (Lipinski definition) is 4. The molecule has 24 heavy (non-hydrogen) atoms. The monoisotopic (exact) mass is 323 g/mol. The summed E-state index contributed by atoms with van der Waals surface area (Å²) in [5.41, 5.74) is 11.1. The van der Waals surface area contributed by atoms with Gasteiger partial charge in [0.25, 0.3) is 0 Å². The molecule has 1 fully saturated rings. The van der Waals surface area contributed by atoms with Gasteiger partial charge >= 0.3 is 0 Å². The molecule has 126 valence electrons. The number of carbonyl (C=O) groups excluding carboxylic acids is 1. The first-order valence-corrected chi connectivity index (χ1v) is 8.47. The molecule has 2 aromatic rings. The molecular formula is C20H25N3O. The lowest BCUT2D eigenvalue weighted by Gasteiger charge is -2.36. The maximum atomic E-state index is 12.4. The summed E-state index contributed by atoms with van der Waals surface area (Å²) < 4.78 is 0. The van der Waals surface area contributed by atoms with Crippen molar-refractivity contribution in [1.82, 2.24) is 4.90 Å². The van der Waals surface area contributed by atoms with Gasteiger partial charge in [0.05, 0.1) is 6.54 Å². The number of benzene rings is 2. The van der Waals surface area contributed by atoms with Crippen LogP contribution in [-0.2, 0) is 0 Å². The number of ketones is 1. The van der Waals surface area contributed by atoms with Crippen molar-refractivity contribution in [2.24, 2.45) is 0 Å². The lowest BCUT2D eigenvalue weighted by atomic mass is 10.1. The molecule has 0 saturated carbocycles. The van der Waals surface area contributed by atoms with Crippen LogP contribution < -0.4 is 10.6 Å². The Morgan fingerprint density at radius 3 is 2.46 bits per heavy atom. The second-order valence-corrected chi connectivity index (χ2v) is 6.53. The summed E-state index contributed by atoms with van der Waals surface area (Å²) in [7, 11) is 0. The standard InChI is InChI=1S/C20H25N3O/c1-15-5-3-8-19(16(15)2)23-11-9-22(10-12-23)14-20(24)17-6-4-7-18(21)13-17/h3-8,13H,9-12,14,21H2,1-2H3. The molecule has 0 bridgehead atoms. The van der Waals surface area contributed by atoms with E-state index in [2.05, 4.69) is 41.8 Å². The van der Waals surface area contributed by atoms with Gasteiger partial charge in [-0.05, 0) is 43.2 Å². The van der Waals surface area contributed by atoms with E-state index in [1.54, 1.807) is 12.1 Å². The molecule has 0 spiro atoms. The first-order valence-electron chi connectivity index (χ1n) is 8.47. The van der Waals surface area contributed by atoms with Crippen LogP contribution in [0, 0.1) is 13.8 Å². The van der Waals surface area contributed by atoms with Crippen LogP contribution >= 0.6 is 0 Å². The number of nitrogen functional groups attached to an aromatic ring is 1. The number of aryl methyl sites for hydroxylation is 1. The van der Waals surface area contributed by atoms with Crippen LogP contribution in [0.25, 0.3) is 0 Å². The molecule has 0 unspecified atom stereocenters. The number of rotatable bonds is 4. The highest BCUT2D eigenvalue weighted by molar-refractivity contribution is 5.98. The predicted octanol–water partition coefficient (Wildman–Crippen LogP) is 2.89. The van der Waals surface area contributed by atoms with E-state index in [0.717, 1.165) is 26.2 Å². The zero-order valence-corrected chi connectivity index (χ0v) is 14.5. The molecule has 0 radical (unpaired) electrons. The minimum Gasteiger partial charge on any atom is -0.399 e. The van der Waals surface area contributed by atoms with Gasteiger partial charge in [0.2, 0.25) is 0 Å². The Bertz CT molecular complexity index is 733. The summed E-state index contributed by atoms with van der Waals surface area (Å²) in [5, 5.41) is 0. The number of anilines is 2. The molecule has 1 aliphatic heterocycles. The van der Waals surface area contributed by atoms with Gasteiger partial charge in [-0.15, -0.1) is 0 Å². The number of hydrogen-bond donors (Lipinski definition) is 1. The van der Waals surface area contributed by atoms with Crippen LogP contribution in [0.4, 0.5) is 11.4 Å². The third kappa shape index (κ3) is 3.60. The SMILES string of the molecule is Cc1cccc(N2CCN(CC(=O)c3cccc(N)c3)CC2)c1C. The van der Waals surface area contributed by atoms with Gasteiger partial charge in [0.15, 0.2) is 5.78 Å². The first-order chi connectivity index (χ1) is 11.5. The highest BCUT2D eigenvalue weighted by Gasteiger charge is 2.21. The highest BCUT2D eigenvalue weighted by atomic mass is 16.1. The van der Waals surface area contributed by atoms with Gasteiger partial charge in [-0.3, -0.25) is 9.69 Å². The molecule has 1 heterocycles. The quantitative estimate of drug-likeness (QED) is 0.694. The van der Waals surface area contributed by atoms with E-state index in [9.17, 15) is 4.79 Å². The predicted molar refractivity (Wildman–Crippen MR) is 99.8 cm³/mol. The average Bonchev–Trinajstić information content (AvgIpc) is 2.58. The number of nitrogens with zero attached hydrogens (tertiary/aromatic N) is 2. The zero-order chi connectivity index (χ0) is 17.1. The maximum absolute atomic E-state index is 12.4. The molecule has 0 aliphatic carbocycles. The molecule has 2 aromatic carbocycles. The maximum Gasteiger partial charge on any atom is 0.176 e. The fraction of sp³-hybridized carbons (Fsp3) is 0.350. The van der Waals surface area contributed by atoms with Crippen molar-refractivity contribution >= 4 is 17.2 Å². The van der Waals surface area contributed by atoms with Gasteiger partial charge in [-0.1, -0.05) is 24.3 Å². The summed E-state index contributed by atoms with van der Waals surface area (Å²) in [6.07, 6.45) is 0. The van der Waals surface area contributed by atoms with E-state index >= 15 is 0 Å². The van der Waals surface area contributed by atoms with Crippen LogP contribution in [0.15, 0.2) is 42.5 Å². The smallest absolute Gasteiger partial charge is 0.176 e. The van der Waals surface area contributed by atoms with Crippen molar-refractivity contribution < 1.29 is 4.79 Å². The Morgan fingerprint density at radius 2 is 1.75 bits per heavy atom. The molecule has 4 heteroatoms. The molecule has 0 atom stereocenters. The number of nitrogens with two attached hydrogens (primary N) is 1. The zero-order valence-electron chi connectivity index (χ0n) is 14.5. The first kappa shape index (κ1) is 16.5. The molecule has 1 aliphatic rings. The Hall–Kier alpha value is -2.33. The second kappa shape index (κ2) is 7.05. The summed E-state index contributed by atoms with van der Waals surface area (Å²) >= 11 is 0. The Morgan fingerprint density at radius 1 is 1.04 bits per heavy atom. The summed E-state index contributed by atoms with van der Waals surface area (Å²) in [6.45, 7) is 8.51. The van der Waals surface area contributed by atoms with E-state index in [4.69, 9.17) is 5.73 Å². The number of piperazine rings is 1. The van der Waals surface area contributed by atoms with E-state index in [1.807, 2.05) is 12.1 Å². The molecule has 0 amide bonds. The van der Waals surface area contributed by atoms with Crippen molar-refractivity contribution in [2.75, 3.05) is 43.4 Å². The fourth-order valence-electron chi connectivity index (χ4n) is 3.23. The Kier molecular flexibility index (Phi) is 4.86. The average molecular weight is 323 g/mol. The van der Waals surface area contributed by atoms with Crippen LogP contribution in [0.3, 0.4) is 0 Å². The van der Waals surface area contributed by atoms with Crippen molar-refractivity contribution in [2.45, 2.75) is 13.8 Å². The third-order valence-electron chi connectivity index (χ3n) is 4.86. The van der Waals surface area contributed by atoms with Gasteiger partial charge in [-0.25, -0.2) is 0 Å². The van der Waals surface area contributed by atoms with E-state index in [1.165, 1.54) is 16.8 Å². The molecule has 1 saturated heterocycles. The van der Waals surface area contributed by atoms with E-state index in [0.29, 0.717) is 17.8 Å². The van der Waals surface area contributed by atoms with Crippen molar-refractivity contribution in [3.05, 3.63) is 59.2 Å². The van der Waals surface area contributed by atoms with Gasteiger partial charge in [0, 0.05) is 43.1 Å². The largest absolute Gasteiger partial charge is 0.399 e. The van der Waals surface area contributed by atoms with E-state index in [-0.39, 0.29) is 5.78 Å². The number of carbonyl (C=O) groups is 1. The molecule has 2 N–H and O–H groups in total. The van der Waals surface area contributed by atoms with Crippen LogP contribution in [0.1, 0.15) is 21.5 Å². The topological polar surface area (TPSA) is 49.6 Å². The molecule has 0 aromatic heterocycles. The summed E-state index contributed by atoms with van der Waals surface area (Å²) in [6, 6.07) is 13.7. The second-order valence-electron chi connectivity index (χ2n) is 6.53.